The van der Waals surface area contributed by atoms with Gasteiger partial charge in [-0.1, -0.05) is 30.0 Å². The van der Waals surface area contributed by atoms with Crippen LogP contribution in [0.2, 0.25) is 0 Å². The summed E-state index contributed by atoms with van der Waals surface area (Å²) in [6.07, 6.45) is 2.06. The van der Waals surface area contributed by atoms with Gasteiger partial charge in [-0.25, -0.2) is 14.2 Å². The number of halogens is 1. The van der Waals surface area contributed by atoms with Gasteiger partial charge in [0.15, 0.2) is 5.17 Å². The summed E-state index contributed by atoms with van der Waals surface area (Å²) in [6.45, 7) is 2.89. The first kappa shape index (κ1) is 21.6. The minimum absolute atomic E-state index is 0.0469. The second-order valence-corrected chi connectivity index (χ2v) is 8.36. The Kier molecular flexibility index (Phi) is 6.43. The van der Waals surface area contributed by atoms with Gasteiger partial charge >= 0.3 is 5.97 Å². The first-order valence-electron chi connectivity index (χ1n) is 10.1. The van der Waals surface area contributed by atoms with Crippen LogP contribution in [0.3, 0.4) is 0 Å². The number of allylic oxidation sites excluding steroid dienone is 1. The van der Waals surface area contributed by atoms with Crippen molar-refractivity contribution in [3.8, 4) is 0 Å². The monoisotopic (exact) mass is 445 g/mol. The molecule has 1 aromatic rings. The summed E-state index contributed by atoms with van der Waals surface area (Å²) in [5, 5.41) is 5.33. The fraction of sp³-hybridized carbons (Fsp3) is 0.409. The van der Waals surface area contributed by atoms with Gasteiger partial charge in [0.05, 0.1) is 36.9 Å². The van der Waals surface area contributed by atoms with Crippen LogP contribution in [0.4, 0.5) is 4.39 Å². The number of carbonyl (C=O) groups excluding carboxylic acids is 2. The quantitative estimate of drug-likeness (QED) is 0.677. The maximum absolute atomic E-state index is 14.8. The van der Waals surface area contributed by atoms with Gasteiger partial charge in [-0.2, -0.15) is 0 Å². The molecule has 1 amide bonds. The number of hydrogen-bond donors (Lipinski definition) is 1. The zero-order valence-electron chi connectivity index (χ0n) is 17.4. The van der Waals surface area contributed by atoms with Crippen molar-refractivity contribution < 1.29 is 23.5 Å². The summed E-state index contributed by atoms with van der Waals surface area (Å²) in [6, 6.07) is 5.53. The molecule has 0 aromatic heterocycles. The number of thioether (sulfide) groups is 1. The highest BCUT2D eigenvalue weighted by atomic mass is 32.2. The number of carbonyl (C=O) groups is 2. The van der Waals surface area contributed by atoms with E-state index in [0.29, 0.717) is 28.7 Å². The SMILES string of the molecule is COC(=O)C1=C(C)N=C2SC=C(CC(=O)NC[C@@H]3CCCO3)N2[C@H]1c1ccccc1F. The van der Waals surface area contributed by atoms with E-state index in [9.17, 15) is 14.0 Å². The molecule has 31 heavy (non-hydrogen) atoms. The Labute approximate surface area is 184 Å². The van der Waals surface area contributed by atoms with Crippen molar-refractivity contribution in [2.75, 3.05) is 20.3 Å². The van der Waals surface area contributed by atoms with Crippen LogP contribution >= 0.6 is 11.8 Å². The predicted molar refractivity (Wildman–Crippen MR) is 115 cm³/mol. The Balaban J connectivity index is 1.61. The number of ether oxygens (including phenoxy) is 2. The number of esters is 1. The van der Waals surface area contributed by atoms with Gasteiger partial charge in [-0.15, -0.1) is 0 Å². The molecule has 1 fully saturated rings. The Hall–Kier alpha value is -2.65. The van der Waals surface area contributed by atoms with Crippen molar-refractivity contribution in [2.24, 2.45) is 4.99 Å². The van der Waals surface area contributed by atoms with E-state index in [4.69, 9.17) is 9.47 Å². The molecule has 3 aliphatic heterocycles. The lowest BCUT2D eigenvalue weighted by atomic mass is 9.93. The van der Waals surface area contributed by atoms with Gasteiger partial charge in [-0.05, 0) is 31.2 Å². The molecule has 0 bridgehead atoms. The van der Waals surface area contributed by atoms with Crippen molar-refractivity contribution in [1.82, 2.24) is 10.2 Å². The average Bonchev–Trinajstić information content (AvgIpc) is 3.41. The zero-order chi connectivity index (χ0) is 22.0. The lowest BCUT2D eigenvalue weighted by Crippen LogP contribution is -2.39. The van der Waals surface area contributed by atoms with Crippen LogP contribution < -0.4 is 5.32 Å². The Morgan fingerprint density at radius 2 is 2.19 bits per heavy atom. The number of methoxy groups -OCH3 is 1. The Morgan fingerprint density at radius 1 is 1.39 bits per heavy atom. The molecule has 0 spiro atoms. The van der Waals surface area contributed by atoms with Crippen molar-refractivity contribution in [1.29, 1.82) is 0 Å². The molecular weight excluding hydrogens is 421 g/mol. The summed E-state index contributed by atoms with van der Waals surface area (Å²) >= 11 is 1.35. The number of amides is 1. The van der Waals surface area contributed by atoms with Gasteiger partial charge < -0.3 is 19.7 Å². The van der Waals surface area contributed by atoms with Gasteiger partial charge in [-0.3, -0.25) is 4.79 Å². The minimum atomic E-state index is -0.770. The molecule has 0 aliphatic carbocycles. The number of amidine groups is 1. The smallest absolute Gasteiger partial charge is 0.338 e. The highest BCUT2D eigenvalue weighted by Gasteiger charge is 2.42. The van der Waals surface area contributed by atoms with Crippen LogP contribution in [-0.4, -0.2) is 48.3 Å². The molecule has 1 N–H and O–H groups in total. The number of nitrogens with zero attached hydrogens (tertiary/aromatic N) is 2. The summed E-state index contributed by atoms with van der Waals surface area (Å²) in [5.41, 5.74) is 1.69. The number of aliphatic imine (C=N–C) groups is 1. The highest BCUT2D eigenvalue weighted by Crippen LogP contribution is 2.45. The predicted octanol–water partition coefficient (Wildman–Crippen LogP) is 3.26. The van der Waals surface area contributed by atoms with Crippen LogP contribution in [0, 0.1) is 5.82 Å². The second-order valence-electron chi connectivity index (χ2n) is 7.52. The fourth-order valence-corrected chi connectivity index (χ4v) is 4.96. The number of hydrogen-bond acceptors (Lipinski definition) is 7. The molecule has 0 radical (unpaired) electrons. The fourth-order valence-electron chi connectivity index (χ4n) is 3.99. The molecule has 164 valence electrons. The summed E-state index contributed by atoms with van der Waals surface area (Å²) in [5.74, 6) is -1.18. The molecule has 0 unspecified atom stereocenters. The lowest BCUT2D eigenvalue weighted by molar-refractivity contribution is -0.136. The largest absolute Gasteiger partial charge is 0.466 e. The van der Waals surface area contributed by atoms with Crippen molar-refractivity contribution in [3.63, 3.8) is 0 Å². The summed E-state index contributed by atoms with van der Waals surface area (Å²) < 4.78 is 25.3. The molecular formula is C22H24FN3O4S. The molecule has 1 aromatic carbocycles. The van der Waals surface area contributed by atoms with Gasteiger partial charge in [0.1, 0.15) is 5.82 Å². The molecule has 9 heteroatoms. The number of fused-ring (bicyclic) bond motifs is 1. The number of nitrogens with one attached hydrogen (secondary N) is 1. The highest BCUT2D eigenvalue weighted by molar-refractivity contribution is 8.16. The van der Waals surface area contributed by atoms with Crippen LogP contribution in [0.15, 0.2) is 51.6 Å². The zero-order valence-corrected chi connectivity index (χ0v) is 18.2. The maximum atomic E-state index is 14.8. The number of benzene rings is 1. The average molecular weight is 446 g/mol. The molecule has 3 aliphatic rings. The second kappa shape index (κ2) is 9.23. The van der Waals surface area contributed by atoms with Crippen LogP contribution in [0.25, 0.3) is 0 Å². The lowest BCUT2D eigenvalue weighted by Gasteiger charge is -2.36. The van der Waals surface area contributed by atoms with E-state index in [-0.39, 0.29) is 24.0 Å². The standard InChI is InChI=1S/C22H24FN3O4S/c1-13-19(21(28)29-2)20(16-7-3-4-8-17(16)23)26-14(12-31-22(26)25-13)10-18(27)24-11-15-6-5-9-30-15/h3-4,7-8,12,15,20H,5-6,9-11H2,1-2H3,(H,24,27)/t15-,20-/m0/s1. The van der Waals surface area contributed by atoms with E-state index >= 15 is 0 Å². The first-order chi connectivity index (χ1) is 15.0. The van der Waals surface area contributed by atoms with Gasteiger partial charge in [0, 0.05) is 24.4 Å². The van der Waals surface area contributed by atoms with E-state index in [1.807, 2.05) is 5.41 Å². The van der Waals surface area contributed by atoms with E-state index in [0.717, 1.165) is 19.4 Å². The van der Waals surface area contributed by atoms with Crippen LogP contribution in [0.5, 0.6) is 0 Å². The maximum Gasteiger partial charge on any atom is 0.338 e. The normalized spacial score (nSPS) is 22.7. The molecule has 0 saturated carbocycles. The molecule has 7 nitrogen and oxygen atoms in total. The molecule has 3 heterocycles. The van der Waals surface area contributed by atoms with Gasteiger partial charge in [0.25, 0.3) is 0 Å². The van der Waals surface area contributed by atoms with E-state index in [2.05, 4.69) is 10.3 Å². The Morgan fingerprint density at radius 3 is 2.90 bits per heavy atom. The Bertz CT molecular complexity index is 985. The third kappa shape index (κ3) is 4.38. The van der Waals surface area contributed by atoms with Crippen molar-refractivity contribution in [3.05, 3.63) is 58.0 Å². The first-order valence-corrected chi connectivity index (χ1v) is 11.0. The van der Waals surface area contributed by atoms with Crippen LogP contribution in [0.1, 0.15) is 37.8 Å². The van der Waals surface area contributed by atoms with Gasteiger partial charge in [0.2, 0.25) is 5.91 Å². The third-order valence-electron chi connectivity index (χ3n) is 5.50. The third-order valence-corrected chi connectivity index (χ3v) is 6.39. The van der Waals surface area contributed by atoms with Crippen LogP contribution in [-0.2, 0) is 19.1 Å². The van der Waals surface area contributed by atoms with E-state index in [1.165, 1.54) is 24.9 Å². The summed E-state index contributed by atoms with van der Waals surface area (Å²) in [4.78, 5) is 31.5. The minimum Gasteiger partial charge on any atom is -0.466 e. The summed E-state index contributed by atoms with van der Waals surface area (Å²) in [7, 11) is 1.29. The number of rotatable bonds is 6. The van der Waals surface area contributed by atoms with E-state index in [1.54, 1.807) is 30.0 Å². The molecule has 1 saturated heterocycles. The van der Waals surface area contributed by atoms with Crippen molar-refractivity contribution >= 4 is 28.8 Å². The van der Waals surface area contributed by atoms with Crippen molar-refractivity contribution in [2.45, 2.75) is 38.3 Å². The molecule has 4 rings (SSSR count). The topological polar surface area (TPSA) is 80.2 Å². The van der Waals surface area contributed by atoms with E-state index < -0.39 is 17.8 Å². The molecule has 2 atom stereocenters.